The second kappa shape index (κ2) is 6.54. The number of carboxylic acids is 1. The molecule has 0 saturated carbocycles. The number of rotatable bonds is 5. The van der Waals surface area contributed by atoms with E-state index in [1.54, 1.807) is 6.20 Å². The van der Waals surface area contributed by atoms with Gasteiger partial charge in [0.25, 0.3) is 0 Å². The van der Waals surface area contributed by atoms with Crippen LogP contribution in [-0.2, 0) is 4.79 Å². The molecule has 0 radical (unpaired) electrons. The van der Waals surface area contributed by atoms with Crippen molar-refractivity contribution in [3.8, 4) is 0 Å². The largest absolute Gasteiger partial charge is 0.481 e. The number of hydrogen-bond acceptors (Lipinski definition) is 5. The van der Waals surface area contributed by atoms with Crippen molar-refractivity contribution >= 4 is 17.7 Å². The van der Waals surface area contributed by atoms with Crippen molar-refractivity contribution in [2.75, 3.05) is 36.0 Å². The van der Waals surface area contributed by atoms with Gasteiger partial charge in [-0.3, -0.25) is 4.79 Å². The molecule has 6 heteroatoms. The molecule has 0 spiro atoms. The maximum Gasteiger partial charge on any atom is 0.306 e. The quantitative estimate of drug-likeness (QED) is 0.882. The van der Waals surface area contributed by atoms with Gasteiger partial charge in [0.05, 0.1) is 5.92 Å². The summed E-state index contributed by atoms with van der Waals surface area (Å²) in [4.78, 5) is 24.1. The molecule has 0 amide bonds. The first kappa shape index (κ1) is 14.6. The molecule has 0 aromatic carbocycles. The van der Waals surface area contributed by atoms with Gasteiger partial charge in [-0.15, -0.1) is 0 Å². The van der Waals surface area contributed by atoms with E-state index in [0.717, 1.165) is 37.9 Å². The van der Waals surface area contributed by atoms with E-state index in [1.165, 1.54) is 0 Å². The second-order valence-electron chi connectivity index (χ2n) is 4.99. The fraction of sp³-hybridized carbons (Fsp3) is 0.643. The molecule has 1 N–H and O–H groups in total. The summed E-state index contributed by atoms with van der Waals surface area (Å²) < 4.78 is 0. The summed E-state index contributed by atoms with van der Waals surface area (Å²) in [6, 6.07) is 1.90. The van der Waals surface area contributed by atoms with Crippen LogP contribution in [0.15, 0.2) is 12.3 Å². The van der Waals surface area contributed by atoms with E-state index in [9.17, 15) is 4.79 Å². The van der Waals surface area contributed by atoms with Gasteiger partial charge in [-0.05, 0) is 32.8 Å². The lowest BCUT2D eigenvalue weighted by molar-refractivity contribution is -0.142. The minimum Gasteiger partial charge on any atom is -0.481 e. The Labute approximate surface area is 119 Å². The van der Waals surface area contributed by atoms with Crippen LogP contribution in [0.1, 0.15) is 26.7 Å². The monoisotopic (exact) mass is 278 g/mol. The van der Waals surface area contributed by atoms with Gasteiger partial charge in [0, 0.05) is 32.4 Å². The maximum atomic E-state index is 11.0. The summed E-state index contributed by atoms with van der Waals surface area (Å²) in [5.74, 6) is 0.741. The topological polar surface area (TPSA) is 69.6 Å². The minimum atomic E-state index is -0.684. The number of nitrogens with zero attached hydrogens (tertiary/aromatic N) is 4. The Balaban J connectivity index is 2.07. The molecular weight excluding hydrogens is 256 g/mol. The molecule has 0 atom stereocenters. The van der Waals surface area contributed by atoms with Gasteiger partial charge < -0.3 is 14.9 Å². The maximum absolute atomic E-state index is 11.0. The third kappa shape index (κ3) is 3.18. The number of carbonyl (C=O) groups is 1. The summed E-state index contributed by atoms with van der Waals surface area (Å²) in [6.45, 7) is 7.40. The highest BCUT2D eigenvalue weighted by Gasteiger charge is 2.25. The normalized spacial score (nSPS) is 16.2. The van der Waals surface area contributed by atoms with E-state index in [-0.39, 0.29) is 5.92 Å². The van der Waals surface area contributed by atoms with Gasteiger partial charge in [-0.25, -0.2) is 4.98 Å². The van der Waals surface area contributed by atoms with Crippen LogP contribution >= 0.6 is 0 Å². The highest BCUT2D eigenvalue weighted by molar-refractivity contribution is 5.70. The van der Waals surface area contributed by atoms with Crippen LogP contribution in [0.4, 0.5) is 11.8 Å². The molecule has 20 heavy (non-hydrogen) atoms. The number of anilines is 2. The van der Waals surface area contributed by atoms with Gasteiger partial charge in [0.1, 0.15) is 5.82 Å². The first-order chi connectivity index (χ1) is 9.65. The van der Waals surface area contributed by atoms with Crippen LogP contribution < -0.4 is 9.80 Å². The summed E-state index contributed by atoms with van der Waals surface area (Å²) in [5.41, 5.74) is 0. The van der Waals surface area contributed by atoms with Crippen LogP contribution in [0.5, 0.6) is 0 Å². The molecule has 2 rings (SSSR count). The zero-order chi connectivity index (χ0) is 14.5. The first-order valence-electron chi connectivity index (χ1n) is 7.21. The molecule has 0 unspecified atom stereocenters. The van der Waals surface area contributed by atoms with E-state index < -0.39 is 5.97 Å². The lowest BCUT2D eigenvalue weighted by Gasteiger charge is -2.31. The van der Waals surface area contributed by atoms with Crippen LogP contribution in [0.3, 0.4) is 0 Å². The van der Waals surface area contributed by atoms with Crippen LogP contribution in [0.25, 0.3) is 0 Å². The summed E-state index contributed by atoms with van der Waals surface area (Å²) in [6.07, 6.45) is 3.14. The van der Waals surface area contributed by atoms with Crippen molar-refractivity contribution in [3.63, 3.8) is 0 Å². The zero-order valence-electron chi connectivity index (χ0n) is 12.1. The van der Waals surface area contributed by atoms with Crippen LogP contribution in [-0.4, -0.2) is 47.2 Å². The first-order valence-corrected chi connectivity index (χ1v) is 7.21. The van der Waals surface area contributed by atoms with Crippen LogP contribution in [0.2, 0.25) is 0 Å². The Bertz CT molecular complexity index is 454. The standard InChI is InChI=1S/C14H22N4O2/c1-3-17(4-2)14-15-8-5-12(16-14)18-9-6-11(7-10-18)13(19)20/h5,8,11H,3-4,6-7,9-10H2,1-2H3,(H,19,20). The average molecular weight is 278 g/mol. The van der Waals surface area contributed by atoms with Gasteiger partial charge in [0.15, 0.2) is 0 Å². The van der Waals surface area contributed by atoms with Gasteiger partial charge in [0.2, 0.25) is 5.95 Å². The molecule has 1 fully saturated rings. The number of piperidine rings is 1. The van der Waals surface area contributed by atoms with Gasteiger partial charge >= 0.3 is 5.97 Å². The summed E-state index contributed by atoms with van der Waals surface area (Å²) in [7, 11) is 0. The Kier molecular flexibility index (Phi) is 4.76. The molecule has 110 valence electrons. The van der Waals surface area contributed by atoms with Gasteiger partial charge in [-0.1, -0.05) is 0 Å². The summed E-state index contributed by atoms with van der Waals surface area (Å²) in [5, 5.41) is 9.02. The third-order valence-electron chi connectivity index (χ3n) is 3.84. The fourth-order valence-corrected chi connectivity index (χ4v) is 2.53. The van der Waals surface area contributed by atoms with Crippen molar-refractivity contribution in [3.05, 3.63) is 12.3 Å². The Hall–Kier alpha value is -1.85. The van der Waals surface area contributed by atoms with Crippen molar-refractivity contribution < 1.29 is 9.90 Å². The molecule has 1 aromatic heterocycles. The predicted molar refractivity (Wildman–Crippen MR) is 78.2 cm³/mol. The number of aromatic nitrogens is 2. The van der Waals surface area contributed by atoms with Crippen molar-refractivity contribution in [2.24, 2.45) is 5.92 Å². The Morgan fingerprint density at radius 1 is 1.40 bits per heavy atom. The molecule has 6 nitrogen and oxygen atoms in total. The second-order valence-corrected chi connectivity index (χ2v) is 4.99. The Morgan fingerprint density at radius 3 is 2.60 bits per heavy atom. The lowest BCUT2D eigenvalue weighted by Crippen LogP contribution is -2.37. The fourth-order valence-electron chi connectivity index (χ4n) is 2.53. The van der Waals surface area contributed by atoms with E-state index in [4.69, 9.17) is 5.11 Å². The highest BCUT2D eigenvalue weighted by atomic mass is 16.4. The van der Waals surface area contributed by atoms with Crippen LogP contribution in [0, 0.1) is 5.92 Å². The molecule has 0 aliphatic carbocycles. The molecule has 1 aliphatic rings. The molecular formula is C14H22N4O2. The number of hydrogen-bond donors (Lipinski definition) is 1. The minimum absolute atomic E-state index is 0.213. The smallest absolute Gasteiger partial charge is 0.306 e. The van der Waals surface area contributed by atoms with Gasteiger partial charge in [-0.2, -0.15) is 4.98 Å². The van der Waals surface area contributed by atoms with Crippen molar-refractivity contribution in [2.45, 2.75) is 26.7 Å². The van der Waals surface area contributed by atoms with E-state index >= 15 is 0 Å². The number of aliphatic carboxylic acids is 1. The molecule has 1 saturated heterocycles. The molecule has 0 bridgehead atoms. The molecule has 2 heterocycles. The molecule has 1 aromatic rings. The van der Waals surface area contributed by atoms with Crippen molar-refractivity contribution in [1.82, 2.24) is 9.97 Å². The lowest BCUT2D eigenvalue weighted by atomic mass is 9.97. The van der Waals surface area contributed by atoms with E-state index in [1.807, 2.05) is 6.07 Å². The summed E-state index contributed by atoms with van der Waals surface area (Å²) >= 11 is 0. The highest BCUT2D eigenvalue weighted by Crippen LogP contribution is 2.23. The third-order valence-corrected chi connectivity index (χ3v) is 3.84. The Morgan fingerprint density at radius 2 is 2.05 bits per heavy atom. The van der Waals surface area contributed by atoms with E-state index in [2.05, 4.69) is 33.6 Å². The average Bonchev–Trinajstić information content (AvgIpc) is 2.49. The van der Waals surface area contributed by atoms with E-state index in [0.29, 0.717) is 12.8 Å². The predicted octanol–water partition coefficient (Wildman–Crippen LogP) is 1.62. The molecule has 1 aliphatic heterocycles. The number of carboxylic acid groups (broad SMARTS) is 1. The zero-order valence-corrected chi connectivity index (χ0v) is 12.1. The SMILES string of the molecule is CCN(CC)c1nccc(N2CCC(C(=O)O)CC2)n1. The van der Waals surface area contributed by atoms with Crippen molar-refractivity contribution in [1.29, 1.82) is 0 Å².